The van der Waals surface area contributed by atoms with Crippen molar-refractivity contribution in [2.45, 2.75) is 4.83 Å². The van der Waals surface area contributed by atoms with Gasteiger partial charge in [0.15, 0.2) is 0 Å². The van der Waals surface area contributed by atoms with E-state index < -0.39 is 4.83 Å². The Bertz CT molecular complexity index is 233. The lowest BCUT2D eigenvalue weighted by Gasteiger charge is -2.27. The first-order valence-corrected chi connectivity index (χ1v) is 5.14. The Morgan fingerprint density at radius 2 is 2.50 bits per heavy atom. The highest BCUT2D eigenvalue weighted by Gasteiger charge is 2.24. The SMILES string of the molecule is COC(=O)C(Br)CN1CCOCC1=O. The van der Waals surface area contributed by atoms with Crippen LogP contribution in [-0.4, -0.2) is 55.0 Å². The van der Waals surface area contributed by atoms with Crippen molar-refractivity contribution in [3.63, 3.8) is 0 Å². The second-order valence-corrected chi connectivity index (χ2v) is 3.99. The molecule has 1 rings (SSSR count). The van der Waals surface area contributed by atoms with Gasteiger partial charge in [0.25, 0.3) is 0 Å². The molecular weight excluding hydrogens is 254 g/mol. The van der Waals surface area contributed by atoms with Crippen LogP contribution in [0.15, 0.2) is 0 Å². The number of morpholine rings is 1. The summed E-state index contributed by atoms with van der Waals surface area (Å²) in [6.45, 7) is 1.47. The van der Waals surface area contributed by atoms with E-state index in [1.807, 2.05) is 0 Å². The zero-order chi connectivity index (χ0) is 10.6. The molecule has 1 atom stereocenters. The van der Waals surface area contributed by atoms with Gasteiger partial charge >= 0.3 is 5.97 Å². The normalized spacial score (nSPS) is 19.3. The van der Waals surface area contributed by atoms with Gasteiger partial charge in [0.05, 0.1) is 13.7 Å². The van der Waals surface area contributed by atoms with E-state index in [2.05, 4.69) is 20.7 Å². The predicted molar refractivity (Wildman–Crippen MR) is 52.1 cm³/mol. The summed E-state index contributed by atoms with van der Waals surface area (Å²) in [4.78, 5) is 23.4. The van der Waals surface area contributed by atoms with Crippen molar-refractivity contribution in [2.75, 3.05) is 33.4 Å². The average molecular weight is 266 g/mol. The van der Waals surface area contributed by atoms with Crippen LogP contribution in [0.5, 0.6) is 0 Å². The van der Waals surface area contributed by atoms with Crippen molar-refractivity contribution in [3.05, 3.63) is 0 Å². The van der Waals surface area contributed by atoms with Gasteiger partial charge in [-0.25, -0.2) is 0 Å². The lowest BCUT2D eigenvalue weighted by Crippen LogP contribution is -2.45. The topological polar surface area (TPSA) is 55.8 Å². The Labute approximate surface area is 90.5 Å². The van der Waals surface area contributed by atoms with Crippen LogP contribution in [0.3, 0.4) is 0 Å². The number of esters is 1. The molecule has 1 aliphatic heterocycles. The number of carbonyl (C=O) groups is 2. The largest absolute Gasteiger partial charge is 0.468 e. The van der Waals surface area contributed by atoms with Crippen molar-refractivity contribution < 1.29 is 19.1 Å². The van der Waals surface area contributed by atoms with E-state index in [-0.39, 0.29) is 18.5 Å². The van der Waals surface area contributed by atoms with Crippen LogP contribution in [0.2, 0.25) is 0 Å². The van der Waals surface area contributed by atoms with Crippen LogP contribution in [-0.2, 0) is 19.1 Å². The fourth-order valence-corrected chi connectivity index (χ4v) is 1.68. The summed E-state index contributed by atoms with van der Waals surface area (Å²) in [5.41, 5.74) is 0. The smallest absolute Gasteiger partial charge is 0.321 e. The molecule has 1 aliphatic rings. The lowest BCUT2D eigenvalue weighted by molar-refractivity contribution is -0.145. The van der Waals surface area contributed by atoms with E-state index in [0.29, 0.717) is 19.7 Å². The number of ether oxygens (including phenoxy) is 2. The summed E-state index contributed by atoms with van der Waals surface area (Å²) >= 11 is 3.16. The molecule has 0 aromatic heterocycles. The summed E-state index contributed by atoms with van der Waals surface area (Å²) in [6.07, 6.45) is 0. The number of methoxy groups -OCH3 is 1. The molecule has 0 saturated carbocycles. The van der Waals surface area contributed by atoms with Crippen molar-refractivity contribution in [1.29, 1.82) is 0 Å². The van der Waals surface area contributed by atoms with E-state index >= 15 is 0 Å². The molecule has 6 heteroatoms. The molecule has 0 aromatic carbocycles. The van der Waals surface area contributed by atoms with Gasteiger partial charge in [-0.15, -0.1) is 0 Å². The molecular formula is C8H12BrNO4. The summed E-state index contributed by atoms with van der Waals surface area (Å²) in [5, 5.41) is 0. The number of carbonyl (C=O) groups excluding carboxylic acids is 2. The highest BCUT2D eigenvalue weighted by atomic mass is 79.9. The Morgan fingerprint density at radius 3 is 3.07 bits per heavy atom. The minimum Gasteiger partial charge on any atom is -0.468 e. The number of nitrogens with zero attached hydrogens (tertiary/aromatic N) is 1. The minimum absolute atomic E-state index is 0.0930. The number of hydrogen-bond donors (Lipinski definition) is 0. The quantitative estimate of drug-likeness (QED) is 0.523. The maximum atomic E-state index is 11.3. The molecule has 14 heavy (non-hydrogen) atoms. The Hall–Kier alpha value is -0.620. The standard InChI is InChI=1S/C8H12BrNO4/c1-13-8(12)6(9)4-10-2-3-14-5-7(10)11/h6H,2-5H2,1H3. The molecule has 1 heterocycles. The van der Waals surface area contributed by atoms with Gasteiger partial charge in [-0.2, -0.15) is 0 Å². The molecule has 0 aliphatic carbocycles. The van der Waals surface area contributed by atoms with Crippen LogP contribution < -0.4 is 0 Å². The maximum Gasteiger partial charge on any atom is 0.321 e. The van der Waals surface area contributed by atoms with E-state index in [0.717, 1.165) is 0 Å². The monoisotopic (exact) mass is 265 g/mol. The second-order valence-electron chi connectivity index (χ2n) is 2.88. The molecule has 1 unspecified atom stereocenters. The first-order chi connectivity index (χ1) is 6.65. The third kappa shape index (κ3) is 2.95. The first kappa shape index (κ1) is 11.5. The molecule has 0 aromatic rings. The van der Waals surface area contributed by atoms with Crippen LogP contribution in [0, 0.1) is 0 Å². The van der Waals surface area contributed by atoms with E-state index in [1.165, 1.54) is 7.11 Å². The van der Waals surface area contributed by atoms with Gasteiger partial charge < -0.3 is 14.4 Å². The third-order valence-corrected chi connectivity index (χ3v) is 2.58. The van der Waals surface area contributed by atoms with Crippen LogP contribution in [0.25, 0.3) is 0 Å². The third-order valence-electron chi connectivity index (χ3n) is 1.92. The molecule has 1 amide bonds. The summed E-state index contributed by atoms with van der Waals surface area (Å²) in [6, 6.07) is 0. The van der Waals surface area contributed by atoms with Gasteiger partial charge in [0.2, 0.25) is 5.91 Å². The molecule has 1 fully saturated rings. The molecule has 0 radical (unpaired) electrons. The van der Waals surface area contributed by atoms with Crippen molar-refractivity contribution in [1.82, 2.24) is 4.90 Å². The van der Waals surface area contributed by atoms with Gasteiger partial charge in [0.1, 0.15) is 11.4 Å². The van der Waals surface area contributed by atoms with E-state index in [4.69, 9.17) is 4.74 Å². The molecule has 80 valence electrons. The fraction of sp³-hybridized carbons (Fsp3) is 0.750. The van der Waals surface area contributed by atoms with Gasteiger partial charge in [0, 0.05) is 13.1 Å². The highest BCUT2D eigenvalue weighted by Crippen LogP contribution is 2.07. The molecule has 1 saturated heterocycles. The Balaban J connectivity index is 2.42. The lowest BCUT2D eigenvalue weighted by atomic mass is 10.3. The van der Waals surface area contributed by atoms with Crippen LogP contribution >= 0.6 is 15.9 Å². The Morgan fingerprint density at radius 1 is 1.79 bits per heavy atom. The molecule has 0 spiro atoms. The predicted octanol–water partition coefficient (Wildman–Crippen LogP) is -0.218. The van der Waals surface area contributed by atoms with Gasteiger partial charge in [-0.05, 0) is 0 Å². The maximum absolute atomic E-state index is 11.3. The summed E-state index contributed by atoms with van der Waals surface area (Å²) in [5.74, 6) is -0.464. The Kier molecular flexibility index (Phi) is 4.34. The number of rotatable bonds is 3. The zero-order valence-electron chi connectivity index (χ0n) is 7.86. The van der Waals surface area contributed by atoms with Gasteiger partial charge in [-0.3, -0.25) is 9.59 Å². The van der Waals surface area contributed by atoms with E-state index in [1.54, 1.807) is 4.90 Å². The molecule has 0 N–H and O–H groups in total. The summed E-state index contributed by atoms with van der Waals surface area (Å²) < 4.78 is 9.49. The number of hydrogen-bond acceptors (Lipinski definition) is 4. The number of amides is 1. The highest BCUT2D eigenvalue weighted by molar-refractivity contribution is 9.10. The fourth-order valence-electron chi connectivity index (χ4n) is 1.14. The number of alkyl halides is 1. The summed E-state index contributed by atoms with van der Waals surface area (Å²) in [7, 11) is 1.32. The van der Waals surface area contributed by atoms with Crippen molar-refractivity contribution in [3.8, 4) is 0 Å². The average Bonchev–Trinajstić information content (AvgIpc) is 2.20. The molecule has 5 nitrogen and oxygen atoms in total. The van der Waals surface area contributed by atoms with Gasteiger partial charge in [-0.1, -0.05) is 15.9 Å². The zero-order valence-corrected chi connectivity index (χ0v) is 9.45. The first-order valence-electron chi connectivity index (χ1n) is 4.22. The molecule has 0 bridgehead atoms. The van der Waals surface area contributed by atoms with Crippen molar-refractivity contribution >= 4 is 27.8 Å². The minimum atomic E-state index is -0.463. The van der Waals surface area contributed by atoms with E-state index in [9.17, 15) is 9.59 Å². The second kappa shape index (κ2) is 5.31. The van der Waals surface area contributed by atoms with Crippen LogP contribution in [0.4, 0.5) is 0 Å². The number of halogens is 1. The van der Waals surface area contributed by atoms with Crippen LogP contribution in [0.1, 0.15) is 0 Å². The van der Waals surface area contributed by atoms with Crippen molar-refractivity contribution in [2.24, 2.45) is 0 Å².